The first-order valence-corrected chi connectivity index (χ1v) is 7.75. The zero-order valence-corrected chi connectivity index (χ0v) is 12.0. The van der Waals surface area contributed by atoms with Crippen LogP contribution in [-0.2, 0) is 5.75 Å². The minimum Gasteiger partial charge on any atom is -0.392 e. The standard InChI is InChI=1S/C13H16N2OS2/c1-9(16)10(2)17-7-11-8-18-13(15-11)12-5-3-4-6-14-12/h3-6,8-10,16H,7H2,1-2H3. The van der Waals surface area contributed by atoms with Crippen molar-refractivity contribution in [2.24, 2.45) is 0 Å². The van der Waals surface area contributed by atoms with E-state index >= 15 is 0 Å². The molecule has 1 N–H and O–H groups in total. The Kier molecular flexibility index (Phi) is 4.74. The van der Waals surface area contributed by atoms with Gasteiger partial charge in [-0.2, -0.15) is 0 Å². The van der Waals surface area contributed by atoms with Crippen LogP contribution in [0.2, 0.25) is 0 Å². The van der Waals surface area contributed by atoms with Gasteiger partial charge in [0.05, 0.1) is 17.5 Å². The van der Waals surface area contributed by atoms with Crippen molar-refractivity contribution in [2.75, 3.05) is 0 Å². The average molecular weight is 280 g/mol. The minimum atomic E-state index is -0.288. The van der Waals surface area contributed by atoms with E-state index in [4.69, 9.17) is 0 Å². The van der Waals surface area contributed by atoms with Crippen LogP contribution in [0.15, 0.2) is 29.8 Å². The molecule has 2 aromatic heterocycles. The summed E-state index contributed by atoms with van der Waals surface area (Å²) >= 11 is 3.33. The predicted molar refractivity (Wildman–Crippen MR) is 77.8 cm³/mol. The van der Waals surface area contributed by atoms with E-state index < -0.39 is 0 Å². The number of hydrogen-bond donors (Lipinski definition) is 1. The number of pyridine rings is 1. The lowest BCUT2D eigenvalue weighted by Gasteiger charge is -2.12. The van der Waals surface area contributed by atoms with Crippen LogP contribution in [0.3, 0.4) is 0 Å². The van der Waals surface area contributed by atoms with E-state index in [-0.39, 0.29) is 11.4 Å². The van der Waals surface area contributed by atoms with Crippen molar-refractivity contribution in [2.45, 2.75) is 31.0 Å². The van der Waals surface area contributed by atoms with Crippen molar-refractivity contribution in [1.82, 2.24) is 9.97 Å². The normalized spacial score (nSPS) is 14.4. The number of aromatic nitrogens is 2. The summed E-state index contributed by atoms with van der Waals surface area (Å²) in [6.45, 7) is 3.85. The number of nitrogens with zero attached hydrogens (tertiary/aromatic N) is 2. The summed E-state index contributed by atoms with van der Waals surface area (Å²) in [4.78, 5) is 8.85. The van der Waals surface area contributed by atoms with Crippen LogP contribution in [0.1, 0.15) is 19.5 Å². The maximum atomic E-state index is 9.43. The minimum absolute atomic E-state index is 0.227. The largest absolute Gasteiger partial charge is 0.392 e. The average Bonchev–Trinajstić information content (AvgIpc) is 2.85. The highest BCUT2D eigenvalue weighted by atomic mass is 32.2. The fourth-order valence-corrected chi connectivity index (χ4v) is 3.10. The molecule has 0 saturated heterocycles. The van der Waals surface area contributed by atoms with E-state index in [1.807, 2.05) is 32.0 Å². The van der Waals surface area contributed by atoms with Crippen LogP contribution < -0.4 is 0 Å². The Hall–Kier alpha value is -0.910. The number of aliphatic hydroxyl groups is 1. The van der Waals surface area contributed by atoms with E-state index in [1.54, 1.807) is 29.3 Å². The molecule has 3 nitrogen and oxygen atoms in total. The molecule has 0 saturated carbocycles. The van der Waals surface area contributed by atoms with Crippen LogP contribution in [0.25, 0.3) is 10.7 Å². The molecule has 0 aliphatic carbocycles. The predicted octanol–water partition coefficient (Wildman–Crippen LogP) is 3.21. The van der Waals surface area contributed by atoms with Gasteiger partial charge in [0, 0.05) is 22.6 Å². The zero-order chi connectivity index (χ0) is 13.0. The summed E-state index contributed by atoms with van der Waals surface area (Å²) in [6, 6.07) is 5.83. The highest BCUT2D eigenvalue weighted by Gasteiger charge is 2.11. The van der Waals surface area contributed by atoms with Gasteiger partial charge in [0.15, 0.2) is 0 Å². The Morgan fingerprint density at radius 1 is 1.39 bits per heavy atom. The molecule has 2 heterocycles. The molecule has 18 heavy (non-hydrogen) atoms. The van der Waals surface area contributed by atoms with E-state index in [9.17, 15) is 5.11 Å². The lowest BCUT2D eigenvalue weighted by atomic mass is 10.3. The summed E-state index contributed by atoms with van der Waals surface area (Å²) in [7, 11) is 0. The molecule has 2 unspecified atom stereocenters. The molecule has 0 spiro atoms. The van der Waals surface area contributed by atoms with Crippen LogP contribution in [0.4, 0.5) is 0 Å². The Labute approximate surface area is 115 Å². The molecule has 0 aromatic carbocycles. The molecule has 0 radical (unpaired) electrons. The van der Waals surface area contributed by atoms with Crippen molar-refractivity contribution in [3.63, 3.8) is 0 Å². The Morgan fingerprint density at radius 2 is 2.22 bits per heavy atom. The maximum Gasteiger partial charge on any atom is 0.142 e. The van der Waals surface area contributed by atoms with Gasteiger partial charge in [-0.3, -0.25) is 4.98 Å². The third kappa shape index (κ3) is 3.54. The summed E-state index contributed by atoms with van der Waals surface area (Å²) < 4.78 is 0. The second kappa shape index (κ2) is 6.31. The van der Waals surface area contributed by atoms with Crippen LogP contribution in [-0.4, -0.2) is 26.4 Å². The van der Waals surface area contributed by atoms with Crippen molar-refractivity contribution < 1.29 is 5.11 Å². The third-order valence-corrected chi connectivity index (χ3v) is 4.90. The van der Waals surface area contributed by atoms with E-state index in [0.29, 0.717) is 0 Å². The number of thioether (sulfide) groups is 1. The molecule has 0 aliphatic heterocycles. The first-order valence-electron chi connectivity index (χ1n) is 5.82. The van der Waals surface area contributed by atoms with Crippen molar-refractivity contribution in [3.05, 3.63) is 35.5 Å². The van der Waals surface area contributed by atoms with Gasteiger partial charge in [-0.05, 0) is 19.1 Å². The lowest BCUT2D eigenvalue weighted by Crippen LogP contribution is -2.15. The smallest absolute Gasteiger partial charge is 0.142 e. The van der Waals surface area contributed by atoms with Gasteiger partial charge in [0.1, 0.15) is 5.01 Å². The quantitative estimate of drug-likeness (QED) is 0.913. The lowest BCUT2D eigenvalue weighted by molar-refractivity contribution is 0.196. The second-order valence-electron chi connectivity index (χ2n) is 4.12. The van der Waals surface area contributed by atoms with Gasteiger partial charge < -0.3 is 5.11 Å². The first kappa shape index (κ1) is 13.5. The highest BCUT2D eigenvalue weighted by Crippen LogP contribution is 2.25. The molecule has 0 bridgehead atoms. The number of hydrogen-bond acceptors (Lipinski definition) is 5. The SMILES string of the molecule is CC(O)C(C)SCc1csc(-c2ccccn2)n1. The van der Waals surface area contributed by atoms with Gasteiger partial charge >= 0.3 is 0 Å². The molecule has 0 amide bonds. The molecule has 96 valence electrons. The Balaban J connectivity index is 1.99. The van der Waals surface area contributed by atoms with E-state index in [1.165, 1.54) is 0 Å². The van der Waals surface area contributed by atoms with Gasteiger partial charge in [0.2, 0.25) is 0 Å². The zero-order valence-electron chi connectivity index (χ0n) is 10.4. The van der Waals surface area contributed by atoms with Gasteiger partial charge in [0.25, 0.3) is 0 Å². The molecule has 2 rings (SSSR count). The summed E-state index contributed by atoms with van der Waals surface area (Å²) in [6.07, 6.45) is 1.49. The second-order valence-corrected chi connectivity index (χ2v) is 6.34. The van der Waals surface area contributed by atoms with Gasteiger partial charge in [-0.15, -0.1) is 23.1 Å². The number of rotatable bonds is 5. The fraction of sp³-hybridized carbons (Fsp3) is 0.385. The van der Waals surface area contributed by atoms with Crippen LogP contribution in [0.5, 0.6) is 0 Å². The van der Waals surface area contributed by atoms with Crippen molar-refractivity contribution in [3.8, 4) is 10.7 Å². The maximum absolute atomic E-state index is 9.43. The van der Waals surface area contributed by atoms with Crippen LogP contribution in [0, 0.1) is 0 Å². The van der Waals surface area contributed by atoms with E-state index in [2.05, 4.69) is 15.3 Å². The van der Waals surface area contributed by atoms with Crippen molar-refractivity contribution >= 4 is 23.1 Å². The summed E-state index contributed by atoms with van der Waals surface area (Å²) in [5.74, 6) is 0.829. The Morgan fingerprint density at radius 3 is 2.89 bits per heavy atom. The molecular weight excluding hydrogens is 264 g/mol. The topological polar surface area (TPSA) is 46.0 Å². The summed E-state index contributed by atoms with van der Waals surface area (Å²) in [5.41, 5.74) is 1.97. The van der Waals surface area contributed by atoms with Gasteiger partial charge in [-0.25, -0.2) is 4.98 Å². The number of aliphatic hydroxyl groups excluding tert-OH is 1. The fourth-order valence-electron chi connectivity index (χ4n) is 1.34. The third-order valence-electron chi connectivity index (χ3n) is 2.61. The molecule has 2 aromatic rings. The van der Waals surface area contributed by atoms with Crippen LogP contribution >= 0.6 is 23.1 Å². The highest BCUT2D eigenvalue weighted by molar-refractivity contribution is 7.99. The van der Waals surface area contributed by atoms with E-state index in [0.717, 1.165) is 22.1 Å². The number of thiazole rings is 1. The molecule has 5 heteroatoms. The molecule has 2 atom stereocenters. The van der Waals surface area contributed by atoms with Crippen molar-refractivity contribution in [1.29, 1.82) is 0 Å². The summed E-state index contributed by atoms with van der Waals surface area (Å²) in [5, 5.41) is 12.7. The van der Waals surface area contributed by atoms with Gasteiger partial charge in [-0.1, -0.05) is 13.0 Å². The first-order chi connectivity index (χ1) is 8.66. The molecule has 0 fully saturated rings. The molecule has 0 aliphatic rings. The monoisotopic (exact) mass is 280 g/mol. The Bertz CT molecular complexity index is 485. The molecular formula is C13H16N2OS2.